The standard InChI is InChI=1S/C10H20N4O3/c1-7(15)13-5-3-2-4-8(10(12)17)14-9(16)6-11/h8H,2-6,11H2,1H3,(H2,12,17)(H,13,15)(H,14,16)/t8-/m0/s1. The molecule has 0 heterocycles. The molecule has 0 saturated heterocycles. The van der Waals surface area contributed by atoms with Crippen molar-refractivity contribution in [1.29, 1.82) is 0 Å². The van der Waals surface area contributed by atoms with E-state index >= 15 is 0 Å². The number of hydrogen-bond donors (Lipinski definition) is 4. The van der Waals surface area contributed by atoms with Crippen LogP contribution in [0.5, 0.6) is 0 Å². The Balaban J connectivity index is 3.82. The predicted molar refractivity (Wildman–Crippen MR) is 62.7 cm³/mol. The van der Waals surface area contributed by atoms with E-state index in [0.717, 1.165) is 6.42 Å². The average molecular weight is 244 g/mol. The van der Waals surface area contributed by atoms with E-state index in [-0.39, 0.29) is 12.5 Å². The minimum atomic E-state index is -0.691. The van der Waals surface area contributed by atoms with Crippen molar-refractivity contribution < 1.29 is 14.4 Å². The molecule has 17 heavy (non-hydrogen) atoms. The lowest BCUT2D eigenvalue weighted by molar-refractivity contribution is -0.126. The number of amides is 3. The molecular formula is C10H20N4O3. The highest BCUT2D eigenvalue weighted by molar-refractivity contribution is 5.87. The minimum Gasteiger partial charge on any atom is -0.368 e. The Morgan fingerprint density at radius 3 is 2.35 bits per heavy atom. The lowest BCUT2D eigenvalue weighted by atomic mass is 10.1. The smallest absolute Gasteiger partial charge is 0.240 e. The summed E-state index contributed by atoms with van der Waals surface area (Å²) in [5.74, 6) is -1.07. The van der Waals surface area contributed by atoms with E-state index in [1.807, 2.05) is 0 Å². The zero-order chi connectivity index (χ0) is 13.3. The van der Waals surface area contributed by atoms with Crippen molar-refractivity contribution in [2.24, 2.45) is 11.5 Å². The monoisotopic (exact) mass is 244 g/mol. The van der Waals surface area contributed by atoms with Crippen LogP contribution in [0.4, 0.5) is 0 Å². The highest BCUT2D eigenvalue weighted by Gasteiger charge is 2.16. The number of nitrogens with one attached hydrogen (secondary N) is 2. The number of carbonyl (C=O) groups is 3. The molecule has 0 aliphatic rings. The Bertz CT molecular complexity index is 281. The van der Waals surface area contributed by atoms with Crippen molar-refractivity contribution >= 4 is 17.7 Å². The Morgan fingerprint density at radius 2 is 1.88 bits per heavy atom. The number of primary amides is 1. The van der Waals surface area contributed by atoms with Gasteiger partial charge in [0.25, 0.3) is 0 Å². The van der Waals surface area contributed by atoms with Crippen molar-refractivity contribution in [3.8, 4) is 0 Å². The number of hydrogen-bond acceptors (Lipinski definition) is 4. The maximum atomic E-state index is 11.0. The van der Waals surface area contributed by atoms with Crippen molar-refractivity contribution in [2.75, 3.05) is 13.1 Å². The van der Waals surface area contributed by atoms with Gasteiger partial charge in [0.05, 0.1) is 6.54 Å². The van der Waals surface area contributed by atoms with Gasteiger partial charge in [0, 0.05) is 13.5 Å². The van der Waals surface area contributed by atoms with Crippen LogP contribution < -0.4 is 22.1 Å². The maximum Gasteiger partial charge on any atom is 0.240 e. The fourth-order valence-electron chi connectivity index (χ4n) is 1.28. The van der Waals surface area contributed by atoms with Crippen LogP contribution in [0.25, 0.3) is 0 Å². The van der Waals surface area contributed by atoms with Crippen LogP contribution >= 0.6 is 0 Å². The molecule has 0 unspecified atom stereocenters. The summed E-state index contributed by atoms with van der Waals surface area (Å²) in [6, 6.07) is -0.691. The number of unbranched alkanes of at least 4 members (excludes halogenated alkanes) is 1. The highest BCUT2D eigenvalue weighted by Crippen LogP contribution is 2.00. The van der Waals surface area contributed by atoms with Crippen LogP contribution in [0.3, 0.4) is 0 Å². The van der Waals surface area contributed by atoms with Gasteiger partial charge in [-0.3, -0.25) is 14.4 Å². The van der Waals surface area contributed by atoms with Gasteiger partial charge >= 0.3 is 0 Å². The van der Waals surface area contributed by atoms with E-state index in [0.29, 0.717) is 19.4 Å². The number of nitrogens with two attached hydrogens (primary N) is 2. The van der Waals surface area contributed by atoms with Crippen LogP contribution in [0.1, 0.15) is 26.2 Å². The van der Waals surface area contributed by atoms with Crippen LogP contribution in [0, 0.1) is 0 Å². The molecule has 0 aliphatic carbocycles. The highest BCUT2D eigenvalue weighted by atomic mass is 16.2. The molecule has 0 rings (SSSR count). The zero-order valence-electron chi connectivity index (χ0n) is 9.99. The van der Waals surface area contributed by atoms with E-state index < -0.39 is 17.9 Å². The first-order valence-corrected chi connectivity index (χ1v) is 5.50. The SMILES string of the molecule is CC(=O)NCCCC[C@H](NC(=O)CN)C(N)=O. The first kappa shape index (κ1) is 15.4. The van der Waals surface area contributed by atoms with Gasteiger partial charge in [0.1, 0.15) is 6.04 Å². The first-order chi connectivity index (χ1) is 7.97. The quantitative estimate of drug-likeness (QED) is 0.376. The summed E-state index contributed by atoms with van der Waals surface area (Å²) in [6.07, 6.45) is 1.85. The van der Waals surface area contributed by atoms with Gasteiger partial charge in [-0.25, -0.2) is 0 Å². The topological polar surface area (TPSA) is 127 Å². The molecule has 0 spiro atoms. The molecule has 1 atom stereocenters. The van der Waals surface area contributed by atoms with Crippen LogP contribution in [-0.2, 0) is 14.4 Å². The van der Waals surface area contributed by atoms with Gasteiger partial charge in [-0.05, 0) is 19.3 Å². The van der Waals surface area contributed by atoms with Crippen molar-refractivity contribution in [3.63, 3.8) is 0 Å². The summed E-state index contributed by atoms with van der Waals surface area (Å²) >= 11 is 0. The molecule has 98 valence electrons. The molecular weight excluding hydrogens is 224 g/mol. The largest absolute Gasteiger partial charge is 0.368 e. The minimum absolute atomic E-state index is 0.0899. The van der Waals surface area contributed by atoms with E-state index in [1.165, 1.54) is 6.92 Å². The molecule has 0 aliphatic heterocycles. The molecule has 0 aromatic heterocycles. The van der Waals surface area contributed by atoms with Gasteiger partial charge in [-0.15, -0.1) is 0 Å². The van der Waals surface area contributed by atoms with Crippen LogP contribution in [-0.4, -0.2) is 36.9 Å². The van der Waals surface area contributed by atoms with Gasteiger partial charge < -0.3 is 22.1 Å². The van der Waals surface area contributed by atoms with Crippen LogP contribution in [0.2, 0.25) is 0 Å². The fraction of sp³-hybridized carbons (Fsp3) is 0.700. The third kappa shape index (κ3) is 8.21. The third-order valence-corrected chi connectivity index (χ3v) is 2.16. The summed E-state index contributed by atoms with van der Waals surface area (Å²) < 4.78 is 0. The summed E-state index contributed by atoms with van der Waals surface area (Å²) in [7, 11) is 0. The molecule has 0 aromatic carbocycles. The Kier molecular flexibility index (Phi) is 7.70. The molecule has 0 fully saturated rings. The molecule has 3 amide bonds. The molecule has 7 nitrogen and oxygen atoms in total. The predicted octanol–water partition coefficient (Wildman–Crippen LogP) is -1.78. The Morgan fingerprint density at radius 1 is 1.24 bits per heavy atom. The second-order valence-electron chi connectivity index (χ2n) is 3.71. The lowest BCUT2D eigenvalue weighted by Crippen LogP contribution is -2.46. The van der Waals surface area contributed by atoms with Gasteiger partial charge in [-0.2, -0.15) is 0 Å². The van der Waals surface area contributed by atoms with Gasteiger partial charge in [-0.1, -0.05) is 0 Å². The van der Waals surface area contributed by atoms with Gasteiger partial charge in [0.15, 0.2) is 0 Å². The van der Waals surface area contributed by atoms with Crippen LogP contribution in [0.15, 0.2) is 0 Å². The molecule has 7 heteroatoms. The number of carbonyl (C=O) groups excluding carboxylic acids is 3. The van der Waals surface area contributed by atoms with E-state index in [1.54, 1.807) is 0 Å². The van der Waals surface area contributed by atoms with Crippen molar-refractivity contribution in [1.82, 2.24) is 10.6 Å². The van der Waals surface area contributed by atoms with E-state index in [9.17, 15) is 14.4 Å². The molecule has 0 saturated carbocycles. The molecule has 0 aromatic rings. The van der Waals surface area contributed by atoms with E-state index in [2.05, 4.69) is 10.6 Å². The van der Waals surface area contributed by atoms with E-state index in [4.69, 9.17) is 11.5 Å². The first-order valence-electron chi connectivity index (χ1n) is 5.50. The lowest BCUT2D eigenvalue weighted by Gasteiger charge is -2.14. The second kappa shape index (κ2) is 8.51. The zero-order valence-corrected chi connectivity index (χ0v) is 9.99. The van der Waals surface area contributed by atoms with Crippen molar-refractivity contribution in [2.45, 2.75) is 32.2 Å². The Labute approximate surface area is 100 Å². The third-order valence-electron chi connectivity index (χ3n) is 2.16. The number of rotatable bonds is 8. The average Bonchev–Trinajstić information content (AvgIpc) is 2.26. The molecule has 0 radical (unpaired) electrons. The molecule has 0 bridgehead atoms. The maximum absolute atomic E-state index is 11.0. The molecule has 6 N–H and O–H groups in total. The Hall–Kier alpha value is -1.63. The summed E-state index contributed by atoms with van der Waals surface area (Å²) in [5, 5.41) is 5.08. The normalized spacial score (nSPS) is 11.6. The second-order valence-corrected chi connectivity index (χ2v) is 3.71. The summed E-state index contributed by atoms with van der Waals surface area (Å²) in [4.78, 5) is 32.6. The van der Waals surface area contributed by atoms with Gasteiger partial charge in [0.2, 0.25) is 17.7 Å². The van der Waals surface area contributed by atoms with Crippen molar-refractivity contribution in [3.05, 3.63) is 0 Å². The summed E-state index contributed by atoms with van der Waals surface area (Å²) in [5.41, 5.74) is 10.3. The fourth-order valence-corrected chi connectivity index (χ4v) is 1.28. The summed E-state index contributed by atoms with van der Waals surface area (Å²) in [6.45, 7) is 1.81.